The fraction of sp³-hybridized carbons (Fsp3) is 0.421. The molecule has 0 bridgehead atoms. The fourth-order valence-electron chi connectivity index (χ4n) is 2.93. The quantitative estimate of drug-likeness (QED) is 0.380. The normalized spacial score (nSPS) is 15.0. The van der Waals surface area contributed by atoms with Crippen LogP contribution in [0.3, 0.4) is 0 Å². The Balaban J connectivity index is 1.48. The highest BCUT2D eigenvalue weighted by Crippen LogP contribution is 2.19. The van der Waals surface area contributed by atoms with Crippen LogP contribution in [0.4, 0.5) is 0 Å². The van der Waals surface area contributed by atoms with Crippen molar-refractivity contribution in [2.45, 2.75) is 13.5 Å². The molecule has 1 aliphatic heterocycles. The number of hydrogen-bond donors (Lipinski definition) is 2. The third-order valence-electron chi connectivity index (χ3n) is 4.53. The Morgan fingerprint density at radius 1 is 1.28 bits per heavy atom. The van der Waals surface area contributed by atoms with Crippen molar-refractivity contribution in [3.63, 3.8) is 0 Å². The van der Waals surface area contributed by atoms with Crippen LogP contribution >= 0.6 is 35.4 Å². The topological polar surface area (TPSA) is 66.7 Å². The molecule has 7 nitrogen and oxygen atoms in total. The maximum atomic E-state index is 6.49. The van der Waals surface area contributed by atoms with Gasteiger partial charge in [-0.2, -0.15) is 10.2 Å². The van der Waals surface area contributed by atoms with Gasteiger partial charge in [0.2, 0.25) is 0 Å². The molecule has 156 valence electrons. The molecule has 1 aliphatic rings. The summed E-state index contributed by atoms with van der Waals surface area (Å²) in [6, 6.07) is 7.60. The van der Waals surface area contributed by atoms with Gasteiger partial charge in [0, 0.05) is 31.2 Å². The van der Waals surface area contributed by atoms with E-state index < -0.39 is 0 Å². The van der Waals surface area contributed by atoms with Crippen LogP contribution in [0.1, 0.15) is 16.8 Å². The highest BCUT2D eigenvalue weighted by Gasteiger charge is 2.12. The van der Waals surface area contributed by atoms with Gasteiger partial charge in [-0.1, -0.05) is 35.3 Å². The van der Waals surface area contributed by atoms with Crippen molar-refractivity contribution in [2.24, 2.45) is 5.10 Å². The van der Waals surface area contributed by atoms with E-state index in [0.717, 1.165) is 56.2 Å². The second-order valence-corrected chi connectivity index (χ2v) is 7.86. The number of nitrogens with one attached hydrogen (secondary N) is 2. The zero-order valence-corrected chi connectivity index (χ0v) is 18.5. The zero-order chi connectivity index (χ0) is 20.6. The van der Waals surface area contributed by atoms with E-state index in [1.807, 2.05) is 31.2 Å². The van der Waals surface area contributed by atoms with Crippen molar-refractivity contribution < 1.29 is 4.74 Å². The first-order valence-corrected chi connectivity index (χ1v) is 10.5. The number of morpholine rings is 1. The van der Waals surface area contributed by atoms with Crippen LogP contribution in [-0.2, 0) is 11.3 Å². The average Bonchev–Trinajstić information content (AvgIpc) is 2.98. The van der Waals surface area contributed by atoms with Crippen molar-refractivity contribution in [3.8, 4) is 0 Å². The molecule has 2 N–H and O–H groups in total. The van der Waals surface area contributed by atoms with Crippen molar-refractivity contribution >= 4 is 46.7 Å². The number of thiocarbonyl (C=S) groups is 1. The SMILES string of the molecule is Cc1nn(Cc2ccc(Cl)cc2)c(Cl)c1/C=N/NC(=S)NCCN1CCOCC1. The summed E-state index contributed by atoms with van der Waals surface area (Å²) >= 11 is 17.7. The molecule has 1 aromatic carbocycles. The van der Waals surface area contributed by atoms with E-state index in [1.165, 1.54) is 0 Å². The molecule has 0 spiro atoms. The molecule has 10 heteroatoms. The lowest BCUT2D eigenvalue weighted by molar-refractivity contribution is 0.0389. The van der Waals surface area contributed by atoms with Gasteiger partial charge in [0.05, 0.1) is 37.2 Å². The number of halogens is 2. The Labute approximate surface area is 186 Å². The van der Waals surface area contributed by atoms with Gasteiger partial charge in [0.25, 0.3) is 0 Å². The highest BCUT2D eigenvalue weighted by molar-refractivity contribution is 7.80. The minimum atomic E-state index is 0.469. The minimum absolute atomic E-state index is 0.469. The first kappa shape index (κ1) is 22.0. The summed E-state index contributed by atoms with van der Waals surface area (Å²) in [7, 11) is 0. The third kappa shape index (κ3) is 6.65. The van der Waals surface area contributed by atoms with Gasteiger partial charge in [0.15, 0.2) is 5.11 Å². The Hall–Kier alpha value is -1.71. The molecule has 0 radical (unpaired) electrons. The van der Waals surface area contributed by atoms with Crippen LogP contribution in [0.15, 0.2) is 29.4 Å². The van der Waals surface area contributed by atoms with Crippen LogP contribution in [0.2, 0.25) is 10.2 Å². The van der Waals surface area contributed by atoms with Crippen LogP contribution in [0.5, 0.6) is 0 Å². The molecule has 1 fully saturated rings. The summed E-state index contributed by atoms with van der Waals surface area (Å²) in [6.45, 7) is 7.61. The molecule has 0 atom stereocenters. The molecule has 0 saturated carbocycles. The third-order valence-corrected chi connectivity index (χ3v) is 5.42. The summed E-state index contributed by atoms with van der Waals surface area (Å²) in [5.74, 6) is 0. The number of hydrogen-bond acceptors (Lipinski definition) is 5. The van der Waals surface area contributed by atoms with Gasteiger partial charge >= 0.3 is 0 Å². The lowest BCUT2D eigenvalue weighted by atomic mass is 10.2. The summed E-state index contributed by atoms with van der Waals surface area (Å²) in [6.07, 6.45) is 1.64. The molecule has 29 heavy (non-hydrogen) atoms. The molecule has 3 rings (SSSR count). The number of rotatable bonds is 7. The van der Waals surface area contributed by atoms with Crippen LogP contribution in [0, 0.1) is 6.92 Å². The van der Waals surface area contributed by atoms with Gasteiger partial charge in [-0.15, -0.1) is 0 Å². The van der Waals surface area contributed by atoms with Crippen molar-refractivity contribution in [1.82, 2.24) is 25.4 Å². The van der Waals surface area contributed by atoms with Gasteiger partial charge in [0.1, 0.15) is 5.15 Å². The molecule has 2 aromatic rings. The largest absolute Gasteiger partial charge is 0.379 e. The molecular formula is C19H24Cl2N6OS. The van der Waals surface area contributed by atoms with Gasteiger partial charge in [-0.25, -0.2) is 4.68 Å². The van der Waals surface area contributed by atoms with Gasteiger partial charge in [-0.05, 0) is 36.8 Å². The summed E-state index contributed by atoms with van der Waals surface area (Å²) in [4.78, 5) is 2.33. The fourth-order valence-corrected chi connectivity index (χ4v) is 3.49. The summed E-state index contributed by atoms with van der Waals surface area (Å²) in [5.41, 5.74) is 5.43. The van der Waals surface area contributed by atoms with Crippen molar-refractivity contribution in [2.75, 3.05) is 39.4 Å². The monoisotopic (exact) mass is 454 g/mol. The molecule has 0 amide bonds. The molecule has 1 saturated heterocycles. The van der Waals surface area contributed by atoms with E-state index in [-0.39, 0.29) is 0 Å². The number of nitrogens with zero attached hydrogens (tertiary/aromatic N) is 4. The number of hydrazone groups is 1. The Bertz CT molecular complexity index is 849. The maximum absolute atomic E-state index is 6.49. The summed E-state index contributed by atoms with van der Waals surface area (Å²) in [5, 5.41) is 13.5. The van der Waals surface area contributed by atoms with E-state index in [1.54, 1.807) is 10.9 Å². The van der Waals surface area contributed by atoms with Crippen molar-refractivity contribution in [1.29, 1.82) is 0 Å². The smallest absolute Gasteiger partial charge is 0.187 e. The predicted molar refractivity (Wildman–Crippen MR) is 121 cm³/mol. The number of aryl methyl sites for hydroxylation is 1. The van der Waals surface area contributed by atoms with E-state index in [0.29, 0.717) is 21.8 Å². The standard InChI is InChI=1S/C19H24Cl2N6OS/c1-14-17(18(21)27(25-14)13-15-2-4-16(20)5-3-15)12-23-24-19(29)22-6-7-26-8-10-28-11-9-26/h2-5,12H,6-11,13H2,1H3,(H2,22,24,29)/b23-12+. The lowest BCUT2D eigenvalue weighted by Gasteiger charge is -2.26. The molecule has 1 aromatic heterocycles. The second-order valence-electron chi connectivity index (χ2n) is 6.65. The molecule has 0 aliphatic carbocycles. The average molecular weight is 455 g/mol. The van der Waals surface area contributed by atoms with Gasteiger partial charge < -0.3 is 10.1 Å². The Morgan fingerprint density at radius 3 is 2.72 bits per heavy atom. The van der Waals surface area contributed by atoms with E-state index in [9.17, 15) is 0 Å². The number of aromatic nitrogens is 2. The highest BCUT2D eigenvalue weighted by atomic mass is 35.5. The lowest BCUT2D eigenvalue weighted by Crippen LogP contribution is -2.42. The first-order chi connectivity index (χ1) is 14.0. The van der Waals surface area contributed by atoms with Crippen LogP contribution in [0.25, 0.3) is 0 Å². The van der Waals surface area contributed by atoms with E-state index in [4.69, 9.17) is 40.2 Å². The molecular weight excluding hydrogens is 431 g/mol. The van der Waals surface area contributed by atoms with E-state index in [2.05, 4.69) is 25.8 Å². The second kappa shape index (κ2) is 10.9. The minimum Gasteiger partial charge on any atom is -0.379 e. The van der Waals surface area contributed by atoms with Crippen LogP contribution in [-0.4, -0.2) is 65.4 Å². The maximum Gasteiger partial charge on any atom is 0.187 e. The van der Waals surface area contributed by atoms with Crippen LogP contribution < -0.4 is 10.7 Å². The zero-order valence-electron chi connectivity index (χ0n) is 16.2. The molecule has 0 unspecified atom stereocenters. The Kier molecular flexibility index (Phi) is 8.26. The van der Waals surface area contributed by atoms with Gasteiger partial charge in [-0.3, -0.25) is 10.3 Å². The Morgan fingerprint density at radius 2 is 2.00 bits per heavy atom. The molecule has 2 heterocycles. The van der Waals surface area contributed by atoms with Crippen molar-refractivity contribution in [3.05, 3.63) is 51.3 Å². The number of ether oxygens (including phenoxy) is 1. The number of benzene rings is 1. The first-order valence-electron chi connectivity index (χ1n) is 9.37. The van der Waals surface area contributed by atoms with E-state index >= 15 is 0 Å². The predicted octanol–water partition coefficient (Wildman–Crippen LogP) is 2.68. The summed E-state index contributed by atoms with van der Waals surface area (Å²) < 4.78 is 7.08.